The van der Waals surface area contributed by atoms with E-state index >= 15 is 0 Å². The predicted molar refractivity (Wildman–Crippen MR) is 56.8 cm³/mol. The van der Waals surface area contributed by atoms with Gasteiger partial charge in [-0.3, -0.25) is 4.79 Å². The number of carbonyl (C=O) groups is 1. The second kappa shape index (κ2) is 5.98. The van der Waals surface area contributed by atoms with Crippen molar-refractivity contribution in [3.63, 3.8) is 0 Å². The molecular weight excluding hydrogens is 178 g/mol. The summed E-state index contributed by atoms with van der Waals surface area (Å²) in [6, 6.07) is 0. The molecule has 2 atom stereocenters. The van der Waals surface area contributed by atoms with Crippen LogP contribution < -0.4 is 16.4 Å². The lowest BCUT2D eigenvalue weighted by Gasteiger charge is -2.13. The van der Waals surface area contributed by atoms with Gasteiger partial charge in [-0.2, -0.15) is 0 Å². The Morgan fingerprint density at radius 1 is 1.50 bits per heavy atom. The molecule has 1 rings (SSSR count). The van der Waals surface area contributed by atoms with E-state index in [4.69, 9.17) is 5.73 Å². The maximum Gasteiger partial charge on any atom is 0.224 e. The number of amides is 1. The fourth-order valence-corrected chi connectivity index (χ4v) is 1.77. The van der Waals surface area contributed by atoms with Gasteiger partial charge >= 0.3 is 0 Å². The Bertz CT molecular complexity index is 184. The third-order valence-corrected chi connectivity index (χ3v) is 2.78. The normalized spacial score (nSPS) is 26.4. The van der Waals surface area contributed by atoms with E-state index in [1.807, 2.05) is 0 Å². The zero-order chi connectivity index (χ0) is 10.4. The van der Waals surface area contributed by atoms with E-state index in [9.17, 15) is 4.79 Å². The summed E-state index contributed by atoms with van der Waals surface area (Å²) in [6.45, 7) is 5.37. The summed E-state index contributed by atoms with van der Waals surface area (Å²) in [7, 11) is 0. The highest BCUT2D eigenvalue weighted by atomic mass is 16.1. The van der Waals surface area contributed by atoms with Crippen molar-refractivity contribution in [3.8, 4) is 0 Å². The van der Waals surface area contributed by atoms with Gasteiger partial charge in [0, 0.05) is 13.1 Å². The molecule has 0 bridgehead atoms. The Morgan fingerprint density at radius 2 is 2.29 bits per heavy atom. The number of carbonyl (C=O) groups excluding carboxylic acids is 1. The molecule has 0 saturated carbocycles. The van der Waals surface area contributed by atoms with Gasteiger partial charge in [-0.15, -0.1) is 0 Å². The average molecular weight is 199 g/mol. The molecule has 0 aromatic heterocycles. The summed E-state index contributed by atoms with van der Waals surface area (Å²) < 4.78 is 0. The number of rotatable bonds is 5. The van der Waals surface area contributed by atoms with E-state index in [2.05, 4.69) is 17.6 Å². The molecule has 4 heteroatoms. The minimum absolute atomic E-state index is 0.160. The van der Waals surface area contributed by atoms with E-state index in [-0.39, 0.29) is 11.8 Å². The van der Waals surface area contributed by atoms with Crippen LogP contribution in [0, 0.1) is 11.8 Å². The van der Waals surface area contributed by atoms with Crippen LogP contribution in [0.1, 0.15) is 19.8 Å². The maximum atomic E-state index is 11.6. The number of hydrogen-bond donors (Lipinski definition) is 3. The second-order valence-corrected chi connectivity index (χ2v) is 4.03. The van der Waals surface area contributed by atoms with Crippen LogP contribution in [0.4, 0.5) is 0 Å². The molecular formula is C10H21N3O. The molecule has 0 spiro atoms. The molecule has 4 N–H and O–H groups in total. The molecule has 4 nitrogen and oxygen atoms in total. The summed E-state index contributed by atoms with van der Waals surface area (Å²) in [5.74, 6) is 0.817. The Kier molecular flexibility index (Phi) is 4.90. The molecule has 1 fully saturated rings. The minimum atomic E-state index is 0.160. The summed E-state index contributed by atoms with van der Waals surface area (Å²) in [6.07, 6.45) is 1.97. The number of hydrogen-bond acceptors (Lipinski definition) is 3. The first-order valence-electron chi connectivity index (χ1n) is 5.44. The van der Waals surface area contributed by atoms with E-state index in [1.165, 1.54) is 0 Å². The van der Waals surface area contributed by atoms with E-state index in [0.717, 1.165) is 32.5 Å². The SMILES string of the molecule is C[C@@H]1CNC[C@H]1C(=O)NCCCCN. The zero-order valence-corrected chi connectivity index (χ0v) is 8.88. The van der Waals surface area contributed by atoms with Crippen molar-refractivity contribution in [3.05, 3.63) is 0 Å². The third kappa shape index (κ3) is 3.27. The highest BCUT2D eigenvalue weighted by Crippen LogP contribution is 2.15. The van der Waals surface area contributed by atoms with Crippen LogP contribution in [0.3, 0.4) is 0 Å². The maximum absolute atomic E-state index is 11.6. The van der Waals surface area contributed by atoms with Gasteiger partial charge in [0.25, 0.3) is 0 Å². The monoisotopic (exact) mass is 199 g/mol. The fourth-order valence-electron chi connectivity index (χ4n) is 1.77. The predicted octanol–water partition coefficient (Wildman–Crippen LogP) is -0.303. The van der Waals surface area contributed by atoms with Gasteiger partial charge in [0.05, 0.1) is 5.92 Å². The Balaban J connectivity index is 2.14. The van der Waals surface area contributed by atoms with Crippen LogP contribution in [0.2, 0.25) is 0 Å². The van der Waals surface area contributed by atoms with E-state index in [0.29, 0.717) is 12.5 Å². The van der Waals surface area contributed by atoms with Gasteiger partial charge in [-0.1, -0.05) is 6.92 Å². The lowest BCUT2D eigenvalue weighted by molar-refractivity contribution is -0.125. The van der Waals surface area contributed by atoms with Crippen molar-refractivity contribution in [1.82, 2.24) is 10.6 Å². The van der Waals surface area contributed by atoms with Gasteiger partial charge in [0.2, 0.25) is 5.91 Å². The van der Waals surface area contributed by atoms with Gasteiger partial charge in [0.1, 0.15) is 0 Å². The molecule has 0 aromatic rings. The van der Waals surface area contributed by atoms with Crippen molar-refractivity contribution in [2.75, 3.05) is 26.2 Å². The van der Waals surface area contributed by atoms with Crippen LogP contribution >= 0.6 is 0 Å². The van der Waals surface area contributed by atoms with E-state index in [1.54, 1.807) is 0 Å². The summed E-state index contributed by atoms with van der Waals surface area (Å²) in [4.78, 5) is 11.6. The lowest BCUT2D eigenvalue weighted by atomic mass is 9.97. The Morgan fingerprint density at radius 3 is 2.86 bits per heavy atom. The third-order valence-electron chi connectivity index (χ3n) is 2.78. The van der Waals surface area contributed by atoms with Crippen LogP contribution in [-0.4, -0.2) is 32.1 Å². The topological polar surface area (TPSA) is 67.2 Å². The molecule has 0 radical (unpaired) electrons. The van der Waals surface area contributed by atoms with Gasteiger partial charge in [-0.05, 0) is 31.8 Å². The largest absolute Gasteiger partial charge is 0.356 e. The molecule has 1 aliphatic heterocycles. The molecule has 1 heterocycles. The Labute approximate surface area is 85.6 Å². The van der Waals surface area contributed by atoms with Crippen molar-refractivity contribution in [1.29, 1.82) is 0 Å². The molecule has 14 heavy (non-hydrogen) atoms. The van der Waals surface area contributed by atoms with Crippen LogP contribution in [-0.2, 0) is 4.79 Å². The summed E-state index contributed by atoms with van der Waals surface area (Å²) in [5, 5.41) is 6.18. The van der Waals surface area contributed by atoms with Crippen LogP contribution in [0.25, 0.3) is 0 Å². The summed E-state index contributed by atoms with van der Waals surface area (Å²) in [5.41, 5.74) is 5.37. The van der Waals surface area contributed by atoms with Crippen molar-refractivity contribution >= 4 is 5.91 Å². The minimum Gasteiger partial charge on any atom is -0.356 e. The number of nitrogens with one attached hydrogen (secondary N) is 2. The first-order chi connectivity index (χ1) is 6.75. The van der Waals surface area contributed by atoms with Crippen LogP contribution in [0.5, 0.6) is 0 Å². The number of unbranched alkanes of at least 4 members (excludes halogenated alkanes) is 1. The van der Waals surface area contributed by atoms with Gasteiger partial charge in [0.15, 0.2) is 0 Å². The first-order valence-corrected chi connectivity index (χ1v) is 5.44. The van der Waals surface area contributed by atoms with Gasteiger partial charge in [-0.25, -0.2) is 0 Å². The highest BCUT2D eigenvalue weighted by molar-refractivity contribution is 5.79. The molecule has 1 aliphatic rings. The Hall–Kier alpha value is -0.610. The molecule has 1 amide bonds. The fraction of sp³-hybridized carbons (Fsp3) is 0.900. The average Bonchev–Trinajstić information content (AvgIpc) is 2.59. The molecule has 1 saturated heterocycles. The summed E-state index contributed by atoms with van der Waals surface area (Å²) >= 11 is 0. The first kappa shape index (κ1) is 11.5. The van der Waals surface area contributed by atoms with Crippen LogP contribution in [0.15, 0.2) is 0 Å². The van der Waals surface area contributed by atoms with Crippen molar-refractivity contribution in [2.45, 2.75) is 19.8 Å². The zero-order valence-electron chi connectivity index (χ0n) is 8.88. The smallest absolute Gasteiger partial charge is 0.224 e. The van der Waals surface area contributed by atoms with Crippen molar-refractivity contribution in [2.24, 2.45) is 17.6 Å². The van der Waals surface area contributed by atoms with E-state index < -0.39 is 0 Å². The standard InChI is InChI=1S/C10H21N3O/c1-8-6-12-7-9(8)10(14)13-5-3-2-4-11/h8-9,12H,2-7,11H2,1H3,(H,13,14)/t8-,9-/m1/s1. The second-order valence-electron chi connectivity index (χ2n) is 4.03. The highest BCUT2D eigenvalue weighted by Gasteiger charge is 2.28. The lowest BCUT2D eigenvalue weighted by Crippen LogP contribution is -2.35. The molecule has 0 unspecified atom stereocenters. The van der Waals surface area contributed by atoms with Gasteiger partial charge < -0.3 is 16.4 Å². The van der Waals surface area contributed by atoms with Crippen molar-refractivity contribution < 1.29 is 4.79 Å². The molecule has 0 aliphatic carbocycles. The quantitative estimate of drug-likeness (QED) is 0.532. The number of nitrogens with two attached hydrogens (primary N) is 1. The molecule has 82 valence electrons. The molecule has 0 aromatic carbocycles.